The van der Waals surface area contributed by atoms with Gasteiger partial charge >= 0.3 is 0 Å². The summed E-state index contributed by atoms with van der Waals surface area (Å²) in [6, 6.07) is 6.10. The van der Waals surface area contributed by atoms with Gasteiger partial charge in [0.1, 0.15) is 5.82 Å². The maximum Gasteiger partial charge on any atom is 0.126 e. The molecule has 1 N–H and O–H groups in total. The lowest BCUT2D eigenvalue weighted by Crippen LogP contribution is -2.04. The van der Waals surface area contributed by atoms with Gasteiger partial charge in [0, 0.05) is 18.0 Å². The summed E-state index contributed by atoms with van der Waals surface area (Å²) in [7, 11) is 0. The van der Waals surface area contributed by atoms with Gasteiger partial charge in [-0.15, -0.1) is 18.2 Å². The highest BCUT2D eigenvalue weighted by Crippen LogP contribution is 2.13. The highest BCUT2D eigenvalue weighted by Gasteiger charge is 1.99. The minimum absolute atomic E-state index is 0.318. The second-order valence-electron chi connectivity index (χ2n) is 3.02. The van der Waals surface area contributed by atoms with Gasteiger partial charge in [-0.3, -0.25) is 0 Å². The lowest BCUT2D eigenvalue weighted by atomic mass is 10.2. The molecule has 82 valence electrons. The van der Waals surface area contributed by atoms with Crippen molar-refractivity contribution >= 4 is 17.4 Å². The highest BCUT2D eigenvalue weighted by atomic mass is 32.2. The van der Waals surface area contributed by atoms with E-state index in [1.165, 1.54) is 12.1 Å². The molecule has 0 amide bonds. The summed E-state index contributed by atoms with van der Waals surface area (Å²) in [5.41, 5.74) is 0.941. The molecule has 0 spiro atoms. The molecule has 0 unspecified atom stereocenters. The third-order valence-electron chi connectivity index (χ3n) is 1.79. The van der Waals surface area contributed by atoms with Crippen LogP contribution in [0.15, 0.2) is 18.2 Å². The van der Waals surface area contributed by atoms with Gasteiger partial charge in [-0.1, -0.05) is 5.92 Å². The van der Waals surface area contributed by atoms with Gasteiger partial charge in [-0.25, -0.2) is 4.39 Å². The Labute approximate surface area is 98.9 Å². The average molecular weight is 234 g/mol. The normalized spacial score (nSPS) is 9.19. The van der Waals surface area contributed by atoms with Crippen molar-refractivity contribution in [3.05, 3.63) is 29.6 Å². The van der Waals surface area contributed by atoms with Gasteiger partial charge < -0.3 is 5.32 Å². The van der Waals surface area contributed by atoms with Crippen LogP contribution in [0, 0.1) is 29.5 Å². The molecule has 16 heavy (non-hydrogen) atoms. The first-order valence-electron chi connectivity index (χ1n) is 4.72. The number of nitrogens with zero attached hydrogens (tertiary/aromatic N) is 1. The van der Waals surface area contributed by atoms with Crippen LogP contribution in [0.1, 0.15) is 5.56 Å². The Balaban J connectivity index is 2.45. The van der Waals surface area contributed by atoms with Crippen LogP contribution in [0.3, 0.4) is 0 Å². The van der Waals surface area contributed by atoms with Crippen LogP contribution in [-0.2, 0) is 0 Å². The Bertz CT molecular complexity index is 432. The van der Waals surface area contributed by atoms with Gasteiger partial charge in [-0.2, -0.15) is 5.26 Å². The highest BCUT2D eigenvalue weighted by molar-refractivity contribution is 7.99. The predicted molar refractivity (Wildman–Crippen MR) is 65.8 cm³/mol. The smallest absolute Gasteiger partial charge is 0.126 e. The van der Waals surface area contributed by atoms with E-state index >= 15 is 0 Å². The maximum atomic E-state index is 13.0. The van der Waals surface area contributed by atoms with Crippen LogP contribution in [0.4, 0.5) is 10.1 Å². The van der Waals surface area contributed by atoms with E-state index in [0.717, 1.165) is 5.75 Å². The molecule has 0 atom stereocenters. The third kappa shape index (κ3) is 4.25. The van der Waals surface area contributed by atoms with E-state index < -0.39 is 5.82 Å². The fourth-order valence-electron chi connectivity index (χ4n) is 1.15. The number of benzene rings is 1. The number of nitriles is 1. The van der Waals surface area contributed by atoms with Gasteiger partial charge in [0.15, 0.2) is 0 Å². The molecule has 0 radical (unpaired) electrons. The van der Waals surface area contributed by atoms with Gasteiger partial charge in [0.25, 0.3) is 0 Å². The molecule has 1 aromatic carbocycles. The van der Waals surface area contributed by atoms with Crippen molar-refractivity contribution in [1.82, 2.24) is 0 Å². The molecule has 0 fully saturated rings. The molecule has 0 aromatic heterocycles. The Kier molecular flexibility index (Phi) is 5.25. The quantitative estimate of drug-likeness (QED) is 0.628. The molecule has 2 nitrogen and oxygen atoms in total. The number of hydrogen-bond acceptors (Lipinski definition) is 3. The first kappa shape index (κ1) is 12.4. The summed E-state index contributed by atoms with van der Waals surface area (Å²) in [5.74, 6) is 3.65. The Morgan fingerprint density at radius 3 is 2.94 bits per heavy atom. The molecular formula is C12H11FN2S. The Morgan fingerprint density at radius 1 is 1.44 bits per heavy atom. The Hall–Kier alpha value is -1.65. The largest absolute Gasteiger partial charge is 0.384 e. The van der Waals surface area contributed by atoms with E-state index in [4.69, 9.17) is 11.7 Å². The Morgan fingerprint density at radius 2 is 2.25 bits per heavy atom. The van der Waals surface area contributed by atoms with E-state index in [1.54, 1.807) is 17.8 Å². The first-order valence-corrected chi connectivity index (χ1v) is 5.87. The molecule has 0 aliphatic rings. The van der Waals surface area contributed by atoms with Crippen molar-refractivity contribution < 1.29 is 4.39 Å². The summed E-state index contributed by atoms with van der Waals surface area (Å²) in [6.45, 7) is 0.695. The number of nitrogens with one attached hydrogen (secondary N) is 1. The lowest BCUT2D eigenvalue weighted by Gasteiger charge is -2.05. The van der Waals surface area contributed by atoms with Gasteiger partial charge in [-0.05, 0) is 18.2 Å². The summed E-state index contributed by atoms with van der Waals surface area (Å²) < 4.78 is 13.0. The average Bonchev–Trinajstić information content (AvgIpc) is 2.28. The number of terminal acetylenes is 1. The van der Waals surface area contributed by atoms with Crippen molar-refractivity contribution in [3.8, 4) is 18.4 Å². The second-order valence-corrected chi connectivity index (χ2v) is 4.13. The number of anilines is 1. The van der Waals surface area contributed by atoms with E-state index in [2.05, 4.69) is 11.2 Å². The molecule has 0 aliphatic carbocycles. The van der Waals surface area contributed by atoms with Crippen molar-refractivity contribution in [1.29, 1.82) is 5.26 Å². The van der Waals surface area contributed by atoms with E-state index in [-0.39, 0.29) is 0 Å². The monoisotopic (exact) mass is 234 g/mol. The van der Waals surface area contributed by atoms with Crippen molar-refractivity contribution in [2.45, 2.75) is 0 Å². The van der Waals surface area contributed by atoms with Gasteiger partial charge in [0.2, 0.25) is 0 Å². The number of rotatable bonds is 5. The zero-order valence-electron chi connectivity index (χ0n) is 8.66. The first-order chi connectivity index (χ1) is 7.76. The standard InChI is InChI=1S/C12H11FN2S/c1-2-4-16-5-3-15-12-7-10(9-14)6-11(13)8-12/h1,6-8,15H,3-5H2. The molecular weight excluding hydrogens is 223 g/mol. The SMILES string of the molecule is C#CCSCCNc1cc(F)cc(C#N)c1. The minimum Gasteiger partial charge on any atom is -0.384 e. The van der Waals surface area contributed by atoms with Crippen LogP contribution in [-0.4, -0.2) is 18.1 Å². The third-order valence-corrected chi connectivity index (χ3v) is 2.65. The molecule has 0 saturated carbocycles. The van der Waals surface area contributed by atoms with Crippen molar-refractivity contribution in [3.63, 3.8) is 0 Å². The lowest BCUT2D eigenvalue weighted by molar-refractivity contribution is 0.628. The van der Waals surface area contributed by atoms with E-state index in [1.807, 2.05) is 6.07 Å². The summed E-state index contributed by atoms with van der Waals surface area (Å²) >= 11 is 1.63. The molecule has 0 heterocycles. The summed E-state index contributed by atoms with van der Waals surface area (Å²) in [5, 5.41) is 11.7. The number of halogens is 1. The second kappa shape index (κ2) is 6.76. The fraction of sp³-hybridized carbons (Fsp3) is 0.250. The summed E-state index contributed by atoms with van der Waals surface area (Å²) in [6.07, 6.45) is 5.10. The van der Waals surface area contributed by atoms with E-state index in [0.29, 0.717) is 23.5 Å². The minimum atomic E-state index is -0.405. The number of hydrogen-bond donors (Lipinski definition) is 1. The topological polar surface area (TPSA) is 35.8 Å². The molecule has 0 saturated heterocycles. The van der Waals surface area contributed by atoms with Crippen molar-refractivity contribution in [2.24, 2.45) is 0 Å². The molecule has 1 aromatic rings. The predicted octanol–water partition coefficient (Wildman–Crippen LogP) is 2.48. The molecule has 1 rings (SSSR count). The van der Waals surface area contributed by atoms with Crippen molar-refractivity contribution in [2.75, 3.05) is 23.4 Å². The van der Waals surface area contributed by atoms with Crippen LogP contribution in [0.25, 0.3) is 0 Å². The maximum absolute atomic E-state index is 13.0. The molecule has 0 aliphatic heterocycles. The van der Waals surface area contributed by atoms with Gasteiger partial charge in [0.05, 0.1) is 17.4 Å². The van der Waals surface area contributed by atoms with Crippen LogP contribution >= 0.6 is 11.8 Å². The number of thioether (sulfide) groups is 1. The summed E-state index contributed by atoms with van der Waals surface area (Å²) in [4.78, 5) is 0. The zero-order chi connectivity index (χ0) is 11.8. The van der Waals surface area contributed by atoms with Crippen LogP contribution in [0.5, 0.6) is 0 Å². The fourth-order valence-corrected chi connectivity index (χ4v) is 1.66. The zero-order valence-corrected chi connectivity index (χ0v) is 9.48. The molecule has 0 bridgehead atoms. The van der Waals surface area contributed by atoms with E-state index in [9.17, 15) is 4.39 Å². The molecule has 4 heteroatoms. The van der Waals surface area contributed by atoms with Crippen LogP contribution in [0.2, 0.25) is 0 Å². The van der Waals surface area contributed by atoms with Crippen LogP contribution < -0.4 is 5.32 Å².